The van der Waals surface area contributed by atoms with Crippen molar-refractivity contribution in [2.75, 3.05) is 12.3 Å². The summed E-state index contributed by atoms with van der Waals surface area (Å²) in [6.07, 6.45) is 3.48. The lowest BCUT2D eigenvalue weighted by Crippen LogP contribution is -2.46. The number of aryl methyl sites for hydroxylation is 1. The number of ketones is 1. The molecule has 1 aliphatic heterocycles. The van der Waals surface area contributed by atoms with E-state index in [9.17, 15) is 13.2 Å². The number of benzene rings is 1. The van der Waals surface area contributed by atoms with Crippen LogP contribution in [-0.4, -0.2) is 40.9 Å². The molecule has 0 radical (unpaired) electrons. The molecule has 2 heterocycles. The van der Waals surface area contributed by atoms with Crippen LogP contribution in [0.5, 0.6) is 0 Å². The molecule has 1 aromatic carbocycles. The van der Waals surface area contributed by atoms with Gasteiger partial charge in [0.25, 0.3) is 0 Å². The van der Waals surface area contributed by atoms with E-state index in [0.29, 0.717) is 37.5 Å². The van der Waals surface area contributed by atoms with Gasteiger partial charge in [0.2, 0.25) is 21.7 Å². The molecule has 3 aliphatic rings. The Bertz CT molecular complexity index is 1140. The molecule has 2 saturated carbocycles. The molecule has 0 N–H and O–H groups in total. The molecule has 5 rings (SSSR count). The molecule has 3 atom stereocenters. The SMILES string of the molecule is Cc1cccc(-c2noc(C3CCCN3S(=O)(=O)CC34CCC(CC3=O)C4(C)C)n2)c1. The molecule has 3 unspecified atom stereocenters. The fraction of sp³-hybridized carbons (Fsp3) is 0.609. The fourth-order valence-corrected chi connectivity index (χ4v) is 8.55. The second-order valence-corrected chi connectivity index (χ2v) is 11.9. The molecular weight excluding hydrogens is 414 g/mol. The third-order valence-corrected chi connectivity index (χ3v) is 10.1. The topological polar surface area (TPSA) is 93.4 Å². The lowest BCUT2D eigenvalue weighted by Gasteiger charge is -2.37. The van der Waals surface area contributed by atoms with Crippen molar-refractivity contribution < 1.29 is 17.7 Å². The number of hydrogen-bond acceptors (Lipinski definition) is 6. The molecular formula is C23H29N3O4S. The van der Waals surface area contributed by atoms with Gasteiger partial charge < -0.3 is 4.52 Å². The van der Waals surface area contributed by atoms with Crippen LogP contribution in [-0.2, 0) is 14.8 Å². The molecule has 8 heteroatoms. The Kier molecular flexibility index (Phi) is 4.68. The van der Waals surface area contributed by atoms with Gasteiger partial charge in [0.05, 0.1) is 5.75 Å². The summed E-state index contributed by atoms with van der Waals surface area (Å²) < 4.78 is 34.2. The minimum absolute atomic E-state index is 0.113. The van der Waals surface area contributed by atoms with Gasteiger partial charge in [-0.3, -0.25) is 4.79 Å². The average Bonchev–Trinajstić information content (AvgIpc) is 3.45. The van der Waals surface area contributed by atoms with Crippen LogP contribution < -0.4 is 0 Å². The van der Waals surface area contributed by atoms with Crippen LogP contribution in [0.4, 0.5) is 0 Å². The van der Waals surface area contributed by atoms with Crippen molar-refractivity contribution in [3.8, 4) is 11.4 Å². The third kappa shape index (κ3) is 3.09. The summed E-state index contributed by atoms with van der Waals surface area (Å²) in [6.45, 7) is 6.55. The first-order valence-corrected chi connectivity index (χ1v) is 12.7. The summed E-state index contributed by atoms with van der Waals surface area (Å²) in [7, 11) is -3.67. The quantitative estimate of drug-likeness (QED) is 0.696. The molecule has 166 valence electrons. The predicted molar refractivity (Wildman–Crippen MR) is 116 cm³/mol. The first-order valence-electron chi connectivity index (χ1n) is 11.1. The predicted octanol–water partition coefficient (Wildman–Crippen LogP) is 3.91. The number of rotatable bonds is 5. The minimum Gasteiger partial charge on any atom is -0.337 e. The summed E-state index contributed by atoms with van der Waals surface area (Å²) >= 11 is 0. The third-order valence-electron chi connectivity index (χ3n) is 8.13. The highest BCUT2D eigenvalue weighted by molar-refractivity contribution is 7.89. The van der Waals surface area contributed by atoms with E-state index in [1.54, 1.807) is 0 Å². The molecule has 0 amide bonds. The molecule has 7 nitrogen and oxygen atoms in total. The van der Waals surface area contributed by atoms with Crippen molar-refractivity contribution in [1.29, 1.82) is 0 Å². The lowest BCUT2D eigenvalue weighted by atomic mass is 9.70. The number of carbonyl (C=O) groups excluding carboxylic acids is 1. The van der Waals surface area contributed by atoms with E-state index in [2.05, 4.69) is 24.0 Å². The second kappa shape index (κ2) is 6.97. The maximum absolute atomic E-state index is 13.6. The Labute approximate surface area is 183 Å². The summed E-state index contributed by atoms with van der Waals surface area (Å²) in [5.41, 5.74) is 0.879. The minimum atomic E-state index is -3.67. The molecule has 31 heavy (non-hydrogen) atoms. The summed E-state index contributed by atoms with van der Waals surface area (Å²) in [6, 6.07) is 7.34. The van der Waals surface area contributed by atoms with Gasteiger partial charge >= 0.3 is 0 Å². The number of hydrogen-bond donors (Lipinski definition) is 0. The molecule has 3 fully saturated rings. The van der Waals surface area contributed by atoms with Gasteiger partial charge in [-0.1, -0.05) is 42.8 Å². The van der Waals surface area contributed by atoms with Gasteiger partial charge in [0.1, 0.15) is 11.8 Å². The zero-order valence-electron chi connectivity index (χ0n) is 18.3. The molecule has 1 aromatic heterocycles. The zero-order valence-corrected chi connectivity index (χ0v) is 19.1. The van der Waals surface area contributed by atoms with E-state index in [-0.39, 0.29) is 22.9 Å². The van der Waals surface area contributed by atoms with Crippen LogP contribution in [0.3, 0.4) is 0 Å². The normalized spacial score (nSPS) is 30.4. The van der Waals surface area contributed by atoms with E-state index in [4.69, 9.17) is 4.52 Å². The Hall–Kier alpha value is -2.06. The molecule has 2 bridgehead atoms. The van der Waals surface area contributed by atoms with Gasteiger partial charge in [-0.2, -0.15) is 9.29 Å². The van der Waals surface area contributed by atoms with Gasteiger partial charge in [-0.25, -0.2) is 8.42 Å². The van der Waals surface area contributed by atoms with Crippen LogP contribution in [0.25, 0.3) is 11.4 Å². The second-order valence-electron chi connectivity index (χ2n) is 10.0. The van der Waals surface area contributed by atoms with Crippen LogP contribution >= 0.6 is 0 Å². The first-order chi connectivity index (χ1) is 14.6. The van der Waals surface area contributed by atoms with Gasteiger partial charge in [-0.15, -0.1) is 0 Å². The molecule has 0 spiro atoms. The van der Waals surface area contributed by atoms with Crippen molar-refractivity contribution in [2.24, 2.45) is 16.7 Å². The van der Waals surface area contributed by atoms with E-state index in [1.165, 1.54) is 4.31 Å². The van der Waals surface area contributed by atoms with Crippen molar-refractivity contribution in [1.82, 2.24) is 14.4 Å². The average molecular weight is 444 g/mol. The van der Waals surface area contributed by atoms with Crippen LogP contribution in [0.15, 0.2) is 28.8 Å². The smallest absolute Gasteiger partial charge is 0.245 e. The number of Topliss-reactive ketones (excluding diaryl/α,β-unsaturated/α-hetero) is 1. The van der Waals surface area contributed by atoms with Crippen LogP contribution in [0.1, 0.15) is 63.4 Å². The van der Waals surface area contributed by atoms with Gasteiger partial charge in [-0.05, 0) is 50.0 Å². The highest BCUT2D eigenvalue weighted by Crippen LogP contribution is 2.64. The number of fused-ring (bicyclic) bond motifs is 2. The van der Waals surface area contributed by atoms with E-state index < -0.39 is 21.5 Å². The molecule has 1 saturated heterocycles. The van der Waals surface area contributed by atoms with Gasteiger partial charge in [0.15, 0.2) is 0 Å². The molecule has 2 aromatic rings. The van der Waals surface area contributed by atoms with Gasteiger partial charge in [0, 0.05) is 23.9 Å². The van der Waals surface area contributed by atoms with Crippen molar-refractivity contribution in [3.63, 3.8) is 0 Å². The van der Waals surface area contributed by atoms with Crippen molar-refractivity contribution in [3.05, 3.63) is 35.7 Å². The Morgan fingerprint density at radius 3 is 2.74 bits per heavy atom. The number of nitrogens with zero attached hydrogens (tertiary/aromatic N) is 3. The Balaban J connectivity index is 1.42. The highest BCUT2D eigenvalue weighted by atomic mass is 32.2. The fourth-order valence-electron chi connectivity index (χ4n) is 6.09. The van der Waals surface area contributed by atoms with Crippen LogP contribution in [0.2, 0.25) is 0 Å². The number of sulfonamides is 1. The summed E-state index contributed by atoms with van der Waals surface area (Å²) in [5.74, 6) is 1.09. The highest BCUT2D eigenvalue weighted by Gasteiger charge is 2.66. The molecule has 2 aliphatic carbocycles. The van der Waals surface area contributed by atoms with E-state index in [0.717, 1.165) is 24.0 Å². The van der Waals surface area contributed by atoms with Crippen LogP contribution in [0, 0.1) is 23.7 Å². The number of aromatic nitrogens is 2. The zero-order chi connectivity index (χ0) is 22.0. The monoisotopic (exact) mass is 443 g/mol. The lowest BCUT2D eigenvalue weighted by molar-refractivity contribution is -0.128. The van der Waals surface area contributed by atoms with E-state index >= 15 is 0 Å². The maximum Gasteiger partial charge on any atom is 0.245 e. The maximum atomic E-state index is 13.6. The summed E-state index contributed by atoms with van der Waals surface area (Å²) in [5, 5.41) is 4.10. The first kappa shape index (κ1) is 20.8. The Morgan fingerprint density at radius 2 is 2.06 bits per heavy atom. The van der Waals surface area contributed by atoms with Crippen molar-refractivity contribution in [2.45, 2.75) is 58.9 Å². The standard InChI is InChI=1S/C23H29N3O4S/c1-15-6-4-7-16(12-15)20-24-21(30-25-20)18-8-5-11-26(18)31(28,29)14-23-10-9-17(13-19(23)27)22(23,2)3/h4,6-7,12,17-18H,5,8-11,13-14H2,1-3H3. The Morgan fingerprint density at radius 1 is 1.26 bits per heavy atom. The largest absolute Gasteiger partial charge is 0.337 e. The summed E-state index contributed by atoms with van der Waals surface area (Å²) in [4.78, 5) is 17.4. The number of carbonyl (C=O) groups is 1. The van der Waals surface area contributed by atoms with E-state index in [1.807, 2.05) is 31.2 Å². The van der Waals surface area contributed by atoms with Crippen molar-refractivity contribution >= 4 is 15.8 Å².